The van der Waals surface area contributed by atoms with E-state index in [9.17, 15) is 4.79 Å². The van der Waals surface area contributed by atoms with Crippen LogP contribution in [-0.2, 0) is 11.3 Å². The molecule has 0 saturated carbocycles. The Balaban J connectivity index is 0.00000338. The summed E-state index contributed by atoms with van der Waals surface area (Å²) < 4.78 is 2.14. The van der Waals surface area contributed by atoms with Crippen molar-refractivity contribution in [1.82, 2.24) is 0 Å². The number of aromatic nitrogens is 1. The van der Waals surface area contributed by atoms with Gasteiger partial charge in [0, 0.05) is 44.8 Å². The third kappa shape index (κ3) is 7.83. The monoisotopic (exact) mass is 418 g/mol. The van der Waals surface area contributed by atoms with Crippen LogP contribution in [0, 0.1) is 0 Å². The molecule has 0 bridgehead atoms. The van der Waals surface area contributed by atoms with E-state index in [-0.39, 0.29) is 23.4 Å². The van der Waals surface area contributed by atoms with E-state index in [4.69, 9.17) is 5.11 Å². The summed E-state index contributed by atoms with van der Waals surface area (Å²) in [5.41, 5.74) is 3.54. The Hall–Kier alpha value is -2.14. The van der Waals surface area contributed by atoms with Gasteiger partial charge in [-0.15, -0.1) is 0 Å². The van der Waals surface area contributed by atoms with Crippen LogP contribution < -0.4 is 26.4 Å². The van der Waals surface area contributed by atoms with Gasteiger partial charge in [0.2, 0.25) is 0 Å². The van der Waals surface area contributed by atoms with Crippen LogP contribution in [0.25, 0.3) is 12.2 Å². The molecule has 140 valence electrons. The zero-order valence-electron chi connectivity index (χ0n) is 15.4. The first-order valence-electron chi connectivity index (χ1n) is 8.71. The van der Waals surface area contributed by atoms with Crippen molar-refractivity contribution in [2.75, 3.05) is 19.0 Å². The number of carboxylic acids is 1. The summed E-state index contributed by atoms with van der Waals surface area (Å²) in [6, 6.07) is 12.7. The first-order chi connectivity index (χ1) is 12.0. The van der Waals surface area contributed by atoms with E-state index in [1.807, 2.05) is 14.1 Å². The number of aliphatic carboxylic acids is 1. The maximum absolute atomic E-state index is 10.5. The van der Waals surface area contributed by atoms with E-state index >= 15 is 0 Å². The number of aryl methyl sites for hydroxylation is 1. The summed E-state index contributed by atoms with van der Waals surface area (Å²) in [5, 5.41) is 8.62. The third-order valence-electron chi connectivity index (χ3n) is 4.10. The Morgan fingerprint density at radius 2 is 1.54 bits per heavy atom. The maximum atomic E-state index is 10.5. The van der Waals surface area contributed by atoms with Gasteiger partial charge in [-0.1, -0.05) is 24.3 Å². The van der Waals surface area contributed by atoms with E-state index in [0.717, 1.165) is 25.8 Å². The van der Waals surface area contributed by atoms with E-state index in [1.54, 1.807) is 0 Å². The Morgan fingerprint density at radius 1 is 0.962 bits per heavy atom. The normalized spacial score (nSPS) is 10.5. The lowest BCUT2D eigenvalue weighted by molar-refractivity contribution is -0.697. The summed E-state index contributed by atoms with van der Waals surface area (Å²) in [6.07, 6.45) is 11.4. The fraction of sp³-hybridized carbons (Fsp3) is 0.333. The highest BCUT2D eigenvalue weighted by Crippen LogP contribution is 2.14. The van der Waals surface area contributed by atoms with Gasteiger partial charge >= 0.3 is 5.97 Å². The summed E-state index contributed by atoms with van der Waals surface area (Å²) in [5.74, 6) is -0.708. The van der Waals surface area contributed by atoms with E-state index in [1.165, 1.54) is 16.8 Å². The first kappa shape index (κ1) is 21.9. The van der Waals surface area contributed by atoms with Crippen LogP contribution in [0.1, 0.15) is 36.8 Å². The molecule has 1 heterocycles. The highest BCUT2D eigenvalue weighted by molar-refractivity contribution is 5.70. The van der Waals surface area contributed by atoms with Gasteiger partial charge in [0.1, 0.15) is 6.54 Å². The van der Waals surface area contributed by atoms with Crippen molar-refractivity contribution in [2.24, 2.45) is 0 Å². The summed E-state index contributed by atoms with van der Waals surface area (Å²) in [6.45, 7) is 0.926. The van der Waals surface area contributed by atoms with Gasteiger partial charge in [-0.3, -0.25) is 4.79 Å². The molecule has 0 radical (unpaired) electrons. The van der Waals surface area contributed by atoms with Gasteiger partial charge in [0.25, 0.3) is 0 Å². The second-order valence-corrected chi connectivity index (χ2v) is 6.39. The van der Waals surface area contributed by atoms with Crippen molar-refractivity contribution in [2.45, 2.75) is 32.2 Å². The minimum atomic E-state index is -0.708. The molecule has 0 atom stereocenters. The number of anilines is 1. The molecule has 26 heavy (non-hydrogen) atoms. The quantitative estimate of drug-likeness (QED) is 0.485. The number of halogens is 1. The average Bonchev–Trinajstić information content (AvgIpc) is 2.61. The van der Waals surface area contributed by atoms with Gasteiger partial charge < -0.3 is 27.0 Å². The van der Waals surface area contributed by atoms with Crippen LogP contribution in [-0.4, -0.2) is 25.2 Å². The number of benzene rings is 1. The molecule has 2 rings (SSSR count). The number of carbonyl (C=O) groups is 1. The molecule has 0 fully saturated rings. The van der Waals surface area contributed by atoms with Crippen LogP contribution in [0.3, 0.4) is 0 Å². The van der Waals surface area contributed by atoms with Crippen molar-refractivity contribution >= 4 is 23.8 Å². The van der Waals surface area contributed by atoms with Crippen molar-refractivity contribution in [1.29, 1.82) is 0 Å². The van der Waals surface area contributed by atoms with Gasteiger partial charge in [0.05, 0.1) is 0 Å². The predicted molar refractivity (Wildman–Crippen MR) is 102 cm³/mol. The predicted octanol–water partition coefficient (Wildman–Crippen LogP) is 0.860. The zero-order chi connectivity index (χ0) is 18.1. The van der Waals surface area contributed by atoms with Gasteiger partial charge in [0.15, 0.2) is 12.4 Å². The third-order valence-corrected chi connectivity index (χ3v) is 4.10. The summed E-state index contributed by atoms with van der Waals surface area (Å²) >= 11 is 0. The lowest BCUT2D eigenvalue weighted by Gasteiger charge is -2.11. The smallest absolute Gasteiger partial charge is 0.303 e. The second kappa shape index (κ2) is 11.5. The topological polar surface area (TPSA) is 44.4 Å². The van der Waals surface area contributed by atoms with Gasteiger partial charge in [-0.05, 0) is 36.1 Å². The van der Waals surface area contributed by atoms with E-state index < -0.39 is 5.97 Å². The molecular formula is C21H27BrN2O2. The molecule has 0 spiro atoms. The minimum absolute atomic E-state index is 0. The van der Waals surface area contributed by atoms with Crippen LogP contribution in [0.2, 0.25) is 0 Å². The average molecular weight is 419 g/mol. The molecule has 0 amide bonds. The summed E-state index contributed by atoms with van der Waals surface area (Å²) in [4.78, 5) is 12.6. The Kier molecular flexibility index (Phi) is 9.66. The van der Waals surface area contributed by atoms with Crippen LogP contribution in [0.5, 0.6) is 0 Å². The SMILES string of the molecule is CN(C)c1ccc(/C=C/c2cc[n+](CCCCCC(=O)O)cc2)cc1.[Br-]. The molecule has 0 aliphatic rings. The molecule has 1 aromatic carbocycles. The standard InChI is InChI=1S/C21H26N2O2.BrH/c1-22(2)20-11-9-18(10-12-20)7-8-19-13-16-23(17-14-19)15-5-3-4-6-21(24)25;/h7-14,16-17H,3-6,15H2,1-2H3;1H. The molecule has 0 aliphatic carbocycles. The molecule has 5 heteroatoms. The Bertz CT molecular complexity index is 695. The van der Waals surface area contributed by atoms with Gasteiger partial charge in [-0.25, -0.2) is 4.57 Å². The van der Waals surface area contributed by atoms with Crippen LogP contribution in [0.15, 0.2) is 48.8 Å². The second-order valence-electron chi connectivity index (χ2n) is 6.39. The largest absolute Gasteiger partial charge is 1.00 e. The van der Waals surface area contributed by atoms with Crippen molar-refractivity contribution in [3.05, 3.63) is 59.9 Å². The highest BCUT2D eigenvalue weighted by atomic mass is 79.9. The Labute approximate surface area is 166 Å². The van der Waals surface area contributed by atoms with Crippen molar-refractivity contribution in [3.63, 3.8) is 0 Å². The molecule has 2 aromatic rings. The number of hydrogen-bond acceptors (Lipinski definition) is 2. The van der Waals surface area contributed by atoms with Crippen LogP contribution >= 0.6 is 0 Å². The van der Waals surface area contributed by atoms with Crippen molar-refractivity contribution in [3.8, 4) is 0 Å². The number of pyridine rings is 1. The zero-order valence-corrected chi connectivity index (χ0v) is 17.0. The number of nitrogens with zero attached hydrogens (tertiary/aromatic N) is 2. The highest BCUT2D eigenvalue weighted by Gasteiger charge is 2.01. The Morgan fingerprint density at radius 3 is 2.08 bits per heavy atom. The number of unbranched alkanes of at least 4 members (excludes halogenated alkanes) is 2. The number of rotatable bonds is 9. The fourth-order valence-corrected chi connectivity index (χ4v) is 2.55. The molecule has 4 nitrogen and oxygen atoms in total. The lowest BCUT2D eigenvalue weighted by atomic mass is 10.1. The maximum Gasteiger partial charge on any atom is 0.303 e. The molecule has 1 aromatic heterocycles. The number of carboxylic acid groups (broad SMARTS) is 1. The minimum Gasteiger partial charge on any atom is -1.00 e. The van der Waals surface area contributed by atoms with E-state index in [2.05, 4.69) is 70.4 Å². The summed E-state index contributed by atoms with van der Waals surface area (Å²) in [7, 11) is 4.08. The fourth-order valence-electron chi connectivity index (χ4n) is 2.55. The molecule has 0 aliphatic heterocycles. The van der Waals surface area contributed by atoms with Gasteiger partial charge in [-0.2, -0.15) is 0 Å². The first-order valence-corrected chi connectivity index (χ1v) is 8.71. The molecular weight excluding hydrogens is 392 g/mol. The lowest BCUT2D eigenvalue weighted by Crippen LogP contribution is -3.00. The number of hydrogen-bond donors (Lipinski definition) is 1. The van der Waals surface area contributed by atoms with E-state index in [0.29, 0.717) is 0 Å². The van der Waals surface area contributed by atoms with Crippen molar-refractivity contribution < 1.29 is 31.4 Å². The molecule has 0 saturated heterocycles. The molecule has 1 N–H and O–H groups in total. The van der Waals surface area contributed by atoms with Crippen LogP contribution in [0.4, 0.5) is 5.69 Å². The molecule has 0 unspecified atom stereocenters.